The van der Waals surface area contributed by atoms with E-state index in [2.05, 4.69) is 10.5 Å². The quantitative estimate of drug-likeness (QED) is 0.635. The van der Waals surface area contributed by atoms with Crippen LogP contribution >= 0.6 is 0 Å². The van der Waals surface area contributed by atoms with E-state index in [0.29, 0.717) is 6.42 Å². The van der Waals surface area contributed by atoms with Gasteiger partial charge >= 0.3 is 6.03 Å². The van der Waals surface area contributed by atoms with Crippen LogP contribution in [0.2, 0.25) is 0 Å². The van der Waals surface area contributed by atoms with E-state index in [0.717, 1.165) is 23.4 Å². The second-order valence-electron chi connectivity index (χ2n) is 4.75. The Labute approximate surface area is 129 Å². The van der Waals surface area contributed by atoms with Crippen molar-refractivity contribution < 1.29 is 9.53 Å². The molecule has 2 aromatic rings. The molecular formula is C17H19N3O2. The van der Waals surface area contributed by atoms with Crippen molar-refractivity contribution in [3.8, 4) is 5.75 Å². The predicted octanol–water partition coefficient (Wildman–Crippen LogP) is 2.70. The summed E-state index contributed by atoms with van der Waals surface area (Å²) in [5.41, 5.74) is 10.3. The van der Waals surface area contributed by atoms with Gasteiger partial charge in [-0.15, -0.1) is 0 Å². The van der Waals surface area contributed by atoms with E-state index in [9.17, 15) is 4.79 Å². The molecule has 0 fully saturated rings. The van der Waals surface area contributed by atoms with Gasteiger partial charge in [0.15, 0.2) is 0 Å². The number of hydrazone groups is 1. The lowest BCUT2D eigenvalue weighted by molar-refractivity contribution is 0.249. The Hall–Kier alpha value is -2.82. The molecule has 0 atom stereocenters. The first-order valence-corrected chi connectivity index (χ1v) is 6.99. The zero-order valence-corrected chi connectivity index (χ0v) is 12.5. The third-order valence-corrected chi connectivity index (χ3v) is 3.22. The second kappa shape index (κ2) is 7.83. The largest absolute Gasteiger partial charge is 0.497 e. The summed E-state index contributed by atoms with van der Waals surface area (Å²) in [5, 5.41) is 4.11. The molecule has 0 spiro atoms. The van der Waals surface area contributed by atoms with E-state index in [1.54, 1.807) is 7.11 Å². The number of nitrogens with two attached hydrogens (primary N) is 1. The lowest BCUT2D eigenvalue weighted by atomic mass is 10.0. The first-order chi connectivity index (χ1) is 10.7. The minimum absolute atomic E-state index is 0.669. The summed E-state index contributed by atoms with van der Waals surface area (Å²) >= 11 is 0. The van der Waals surface area contributed by atoms with Crippen LogP contribution in [0.5, 0.6) is 5.75 Å². The summed E-state index contributed by atoms with van der Waals surface area (Å²) in [6, 6.07) is 16.9. The van der Waals surface area contributed by atoms with Crippen molar-refractivity contribution in [1.29, 1.82) is 0 Å². The maximum absolute atomic E-state index is 10.9. The molecule has 5 heteroatoms. The van der Waals surface area contributed by atoms with Crippen molar-refractivity contribution in [2.75, 3.05) is 7.11 Å². The summed E-state index contributed by atoms with van der Waals surface area (Å²) in [4.78, 5) is 10.9. The average Bonchev–Trinajstić information content (AvgIpc) is 2.56. The van der Waals surface area contributed by atoms with Crippen LogP contribution in [0.4, 0.5) is 4.79 Å². The van der Waals surface area contributed by atoms with Gasteiger partial charge in [0.2, 0.25) is 0 Å². The fourth-order valence-electron chi connectivity index (χ4n) is 2.07. The van der Waals surface area contributed by atoms with E-state index >= 15 is 0 Å². The molecule has 0 radical (unpaired) electrons. The van der Waals surface area contributed by atoms with Crippen LogP contribution in [0.25, 0.3) is 0 Å². The summed E-state index contributed by atoms with van der Waals surface area (Å²) < 4.78 is 5.14. The van der Waals surface area contributed by atoms with Crippen molar-refractivity contribution >= 4 is 11.7 Å². The van der Waals surface area contributed by atoms with E-state index in [-0.39, 0.29) is 0 Å². The predicted molar refractivity (Wildman–Crippen MR) is 87.0 cm³/mol. The number of hydrogen-bond acceptors (Lipinski definition) is 3. The third-order valence-electron chi connectivity index (χ3n) is 3.22. The number of rotatable bonds is 6. The Morgan fingerprint density at radius 3 is 2.41 bits per heavy atom. The Bertz CT molecular complexity index is 637. The van der Waals surface area contributed by atoms with Crippen molar-refractivity contribution in [2.24, 2.45) is 10.8 Å². The molecule has 0 heterocycles. The number of benzene rings is 2. The van der Waals surface area contributed by atoms with E-state index in [4.69, 9.17) is 10.5 Å². The van der Waals surface area contributed by atoms with Crippen LogP contribution in [0.3, 0.4) is 0 Å². The Morgan fingerprint density at radius 1 is 1.14 bits per heavy atom. The monoisotopic (exact) mass is 297 g/mol. The molecule has 3 N–H and O–H groups in total. The molecule has 0 bridgehead atoms. The minimum Gasteiger partial charge on any atom is -0.497 e. The Balaban J connectivity index is 2.09. The zero-order valence-electron chi connectivity index (χ0n) is 12.5. The van der Waals surface area contributed by atoms with Crippen molar-refractivity contribution in [3.05, 3.63) is 65.7 Å². The molecule has 0 aliphatic rings. The number of carbonyl (C=O) groups excluding carboxylic acids is 1. The maximum Gasteiger partial charge on any atom is 0.332 e. The van der Waals surface area contributed by atoms with Crippen LogP contribution in [0.15, 0.2) is 59.7 Å². The van der Waals surface area contributed by atoms with Crippen molar-refractivity contribution in [2.45, 2.75) is 12.8 Å². The number of nitrogens with zero attached hydrogens (tertiary/aromatic N) is 1. The SMILES string of the molecule is COc1ccc(CC/C(=N/NC(N)=O)c2ccccc2)cc1. The van der Waals surface area contributed by atoms with E-state index in [1.807, 2.05) is 54.6 Å². The topological polar surface area (TPSA) is 76.7 Å². The molecule has 2 amide bonds. The number of amides is 2. The molecule has 22 heavy (non-hydrogen) atoms. The standard InChI is InChI=1S/C17H19N3O2/c1-22-15-10-7-13(8-11-15)9-12-16(19-20-17(18)21)14-5-3-2-4-6-14/h2-8,10-11H,9,12H2,1H3,(H3,18,20,21)/b19-16-. The van der Waals surface area contributed by atoms with Gasteiger partial charge in [-0.25, -0.2) is 10.2 Å². The van der Waals surface area contributed by atoms with Gasteiger partial charge in [0, 0.05) is 0 Å². The lowest BCUT2D eigenvalue weighted by Crippen LogP contribution is -2.26. The highest BCUT2D eigenvalue weighted by molar-refractivity contribution is 6.01. The van der Waals surface area contributed by atoms with E-state index < -0.39 is 6.03 Å². The highest BCUT2D eigenvalue weighted by atomic mass is 16.5. The Kier molecular flexibility index (Phi) is 5.54. The van der Waals surface area contributed by atoms with Gasteiger partial charge < -0.3 is 10.5 Å². The number of ether oxygens (including phenoxy) is 1. The van der Waals surface area contributed by atoms with Crippen LogP contribution in [-0.4, -0.2) is 18.9 Å². The average molecular weight is 297 g/mol. The number of hydrogen-bond donors (Lipinski definition) is 2. The molecule has 2 rings (SSSR count). The number of methoxy groups -OCH3 is 1. The molecule has 114 valence electrons. The number of primary amides is 1. The first kappa shape index (κ1) is 15.6. The minimum atomic E-state index is -0.669. The molecule has 0 saturated carbocycles. The summed E-state index contributed by atoms with van der Waals surface area (Å²) in [6.45, 7) is 0. The molecule has 0 unspecified atom stereocenters. The second-order valence-corrected chi connectivity index (χ2v) is 4.75. The third kappa shape index (κ3) is 4.63. The van der Waals surface area contributed by atoms with Gasteiger partial charge in [-0.05, 0) is 36.1 Å². The van der Waals surface area contributed by atoms with Crippen LogP contribution in [-0.2, 0) is 6.42 Å². The molecule has 0 aliphatic carbocycles. The van der Waals surface area contributed by atoms with Crippen molar-refractivity contribution in [3.63, 3.8) is 0 Å². The highest BCUT2D eigenvalue weighted by Gasteiger charge is 2.05. The molecular weight excluding hydrogens is 278 g/mol. The molecule has 0 aromatic heterocycles. The molecule has 2 aromatic carbocycles. The van der Waals surface area contributed by atoms with Crippen LogP contribution in [0.1, 0.15) is 17.5 Å². The fraction of sp³-hybridized carbons (Fsp3) is 0.176. The Morgan fingerprint density at radius 2 is 1.82 bits per heavy atom. The van der Waals surface area contributed by atoms with E-state index in [1.165, 1.54) is 5.56 Å². The van der Waals surface area contributed by atoms with Gasteiger partial charge in [0.1, 0.15) is 5.75 Å². The number of urea groups is 1. The summed E-state index contributed by atoms with van der Waals surface area (Å²) in [6.07, 6.45) is 1.49. The first-order valence-electron chi connectivity index (χ1n) is 6.99. The zero-order chi connectivity index (χ0) is 15.8. The van der Waals surface area contributed by atoms with Gasteiger partial charge in [-0.1, -0.05) is 42.5 Å². The highest BCUT2D eigenvalue weighted by Crippen LogP contribution is 2.14. The molecule has 0 aliphatic heterocycles. The fourth-order valence-corrected chi connectivity index (χ4v) is 2.07. The lowest BCUT2D eigenvalue weighted by Gasteiger charge is -2.08. The normalized spacial score (nSPS) is 11.0. The van der Waals surface area contributed by atoms with Crippen LogP contribution < -0.4 is 15.9 Å². The van der Waals surface area contributed by atoms with Crippen molar-refractivity contribution in [1.82, 2.24) is 5.43 Å². The van der Waals surface area contributed by atoms with Crippen LogP contribution in [0, 0.1) is 0 Å². The smallest absolute Gasteiger partial charge is 0.332 e. The number of carbonyl (C=O) groups is 1. The van der Waals surface area contributed by atoms with Gasteiger partial charge in [-0.3, -0.25) is 0 Å². The number of aryl methyl sites for hydroxylation is 1. The van der Waals surface area contributed by atoms with Gasteiger partial charge in [-0.2, -0.15) is 5.10 Å². The number of nitrogens with one attached hydrogen (secondary N) is 1. The van der Waals surface area contributed by atoms with Gasteiger partial charge in [0.25, 0.3) is 0 Å². The maximum atomic E-state index is 10.9. The summed E-state index contributed by atoms with van der Waals surface area (Å²) in [5.74, 6) is 0.830. The summed E-state index contributed by atoms with van der Waals surface area (Å²) in [7, 11) is 1.64. The van der Waals surface area contributed by atoms with Gasteiger partial charge in [0.05, 0.1) is 12.8 Å². The molecule has 0 saturated heterocycles. The molecule has 5 nitrogen and oxygen atoms in total.